The van der Waals surface area contributed by atoms with Crippen LogP contribution in [0.5, 0.6) is 0 Å². The van der Waals surface area contributed by atoms with Crippen LogP contribution in [0.15, 0.2) is 24.3 Å². The smallest absolute Gasteiger partial charge is 0.187 e. The topological polar surface area (TPSA) is 45.9 Å². The summed E-state index contributed by atoms with van der Waals surface area (Å²) >= 11 is 7.30. The van der Waals surface area contributed by atoms with E-state index in [1.165, 1.54) is 11.3 Å². The Bertz CT molecular complexity index is 757. The van der Waals surface area contributed by atoms with E-state index in [1.807, 2.05) is 42.7 Å². The average Bonchev–Trinajstić information content (AvgIpc) is 2.71. The molecular weight excluding hydrogens is 292 g/mol. The molecule has 0 unspecified atom stereocenters. The summed E-state index contributed by atoms with van der Waals surface area (Å²) in [4.78, 5) is 13.6. The number of hydrogen-bond acceptors (Lipinski definition) is 3. The van der Waals surface area contributed by atoms with Gasteiger partial charge in [-0.2, -0.15) is 0 Å². The number of carbonyl (C=O) groups is 1. The van der Waals surface area contributed by atoms with Gasteiger partial charge in [-0.1, -0.05) is 42.9 Å². The Morgan fingerprint density at radius 2 is 2.15 bits per heavy atom. The molecule has 3 rings (SSSR count). The Morgan fingerprint density at radius 3 is 2.85 bits per heavy atom. The second-order valence-electron chi connectivity index (χ2n) is 5.71. The maximum atomic E-state index is 12.5. The zero-order valence-corrected chi connectivity index (χ0v) is 12.9. The Labute approximate surface area is 126 Å². The molecule has 1 aromatic heterocycles. The normalized spacial score (nSPS) is 17.1. The first kappa shape index (κ1) is 13.6. The maximum absolute atomic E-state index is 12.5. The van der Waals surface area contributed by atoms with E-state index in [2.05, 4.69) is 0 Å². The quantitative estimate of drug-likeness (QED) is 0.855. The third-order valence-electron chi connectivity index (χ3n) is 3.81. The molecule has 3 nitrogen and oxygen atoms in total. The van der Waals surface area contributed by atoms with E-state index >= 15 is 0 Å². The summed E-state index contributed by atoms with van der Waals surface area (Å²) in [5.41, 5.74) is 1.48. The van der Waals surface area contributed by atoms with Crippen LogP contribution in [0.4, 0.5) is 0 Å². The van der Waals surface area contributed by atoms with Crippen LogP contribution in [0.3, 0.4) is 0 Å². The van der Waals surface area contributed by atoms with Crippen LogP contribution in [-0.2, 0) is 6.42 Å². The van der Waals surface area contributed by atoms with Crippen molar-refractivity contribution in [1.29, 1.82) is 5.41 Å². The molecular formula is C15H15ClN2OS. The number of rotatable bonds is 1. The summed E-state index contributed by atoms with van der Waals surface area (Å²) in [5, 5.41) is 8.82. The fourth-order valence-electron chi connectivity index (χ4n) is 2.57. The van der Waals surface area contributed by atoms with Gasteiger partial charge in [0.05, 0.1) is 4.88 Å². The molecule has 0 amide bonds. The lowest BCUT2D eigenvalue weighted by Gasteiger charge is -2.27. The standard InChI is InChI=1S/C15H15ClN2OS/c1-15(2)7-6-11-12(13(15)19)20-14(17)18(11)10-5-3-4-9(16)8-10/h3-5,8,17H,6-7H2,1-2H3. The number of ketones is 1. The Balaban J connectivity index is 2.21. The highest BCUT2D eigenvalue weighted by atomic mass is 35.5. The SMILES string of the molecule is CC1(C)CCc2c(sc(=N)n2-c2cccc(Cl)c2)C1=O. The number of carbonyl (C=O) groups excluding carboxylic acids is 1. The molecule has 1 aliphatic rings. The van der Waals surface area contributed by atoms with Gasteiger partial charge in [0.15, 0.2) is 10.6 Å². The zero-order chi connectivity index (χ0) is 14.5. The summed E-state index contributed by atoms with van der Waals surface area (Å²) in [5.74, 6) is 0.151. The monoisotopic (exact) mass is 306 g/mol. The Morgan fingerprint density at radius 1 is 1.40 bits per heavy atom. The fraction of sp³-hybridized carbons (Fsp3) is 0.333. The van der Waals surface area contributed by atoms with Crippen molar-refractivity contribution in [2.45, 2.75) is 26.7 Å². The number of nitrogens with zero attached hydrogens (tertiary/aromatic N) is 1. The van der Waals surface area contributed by atoms with Crippen LogP contribution in [0, 0.1) is 10.8 Å². The number of fused-ring (bicyclic) bond motifs is 1. The number of Topliss-reactive ketones (excluding diaryl/α,β-unsaturated/α-hetero) is 1. The summed E-state index contributed by atoms with van der Waals surface area (Å²) in [6.45, 7) is 3.96. The first-order valence-corrected chi connectivity index (χ1v) is 7.70. The first-order chi connectivity index (χ1) is 9.40. The van der Waals surface area contributed by atoms with Crippen molar-refractivity contribution < 1.29 is 4.79 Å². The summed E-state index contributed by atoms with van der Waals surface area (Å²) < 4.78 is 1.85. The van der Waals surface area contributed by atoms with Crippen LogP contribution < -0.4 is 4.80 Å². The van der Waals surface area contributed by atoms with Gasteiger partial charge in [-0.15, -0.1) is 0 Å². The molecule has 1 aromatic carbocycles. The van der Waals surface area contributed by atoms with Crippen LogP contribution >= 0.6 is 22.9 Å². The van der Waals surface area contributed by atoms with Gasteiger partial charge in [-0.05, 0) is 31.0 Å². The highest BCUT2D eigenvalue weighted by Crippen LogP contribution is 2.36. The van der Waals surface area contributed by atoms with Crippen molar-refractivity contribution in [3.05, 3.63) is 44.7 Å². The van der Waals surface area contributed by atoms with E-state index in [0.29, 0.717) is 9.82 Å². The van der Waals surface area contributed by atoms with Gasteiger partial charge in [-0.3, -0.25) is 14.8 Å². The van der Waals surface area contributed by atoms with Crippen molar-refractivity contribution in [2.24, 2.45) is 5.41 Å². The van der Waals surface area contributed by atoms with Crippen LogP contribution in [0.1, 0.15) is 35.6 Å². The van der Waals surface area contributed by atoms with Gasteiger partial charge in [0.2, 0.25) is 0 Å². The van der Waals surface area contributed by atoms with E-state index in [1.54, 1.807) is 0 Å². The molecule has 20 heavy (non-hydrogen) atoms. The zero-order valence-electron chi connectivity index (χ0n) is 11.4. The molecule has 0 aliphatic heterocycles. The minimum atomic E-state index is -0.323. The van der Waals surface area contributed by atoms with Crippen LogP contribution in [-0.4, -0.2) is 10.4 Å². The van der Waals surface area contributed by atoms with E-state index in [0.717, 1.165) is 29.1 Å². The van der Waals surface area contributed by atoms with Gasteiger partial charge in [0.25, 0.3) is 0 Å². The van der Waals surface area contributed by atoms with E-state index < -0.39 is 0 Å². The highest BCUT2D eigenvalue weighted by molar-refractivity contribution is 7.11. The van der Waals surface area contributed by atoms with Gasteiger partial charge >= 0.3 is 0 Å². The lowest BCUT2D eigenvalue weighted by molar-refractivity contribution is 0.0814. The molecule has 0 atom stereocenters. The number of thiazole rings is 1. The fourth-order valence-corrected chi connectivity index (χ4v) is 3.93. The molecule has 2 aromatic rings. The summed E-state index contributed by atoms with van der Waals surface area (Å²) in [7, 11) is 0. The number of hydrogen-bond donors (Lipinski definition) is 1. The first-order valence-electron chi connectivity index (χ1n) is 6.50. The third-order valence-corrected chi connectivity index (χ3v) is 5.04. The van der Waals surface area contributed by atoms with Gasteiger partial charge < -0.3 is 0 Å². The lowest BCUT2D eigenvalue weighted by Crippen LogP contribution is -2.30. The molecule has 104 valence electrons. The van der Waals surface area contributed by atoms with Crippen molar-refractivity contribution in [3.8, 4) is 5.69 Å². The predicted octanol–water partition coefficient (Wildman–Crippen LogP) is 3.83. The van der Waals surface area contributed by atoms with Crippen LogP contribution in [0.2, 0.25) is 5.02 Å². The van der Waals surface area contributed by atoms with E-state index in [9.17, 15) is 4.79 Å². The highest BCUT2D eigenvalue weighted by Gasteiger charge is 2.37. The van der Waals surface area contributed by atoms with Gasteiger partial charge in [0, 0.05) is 21.8 Å². The minimum absolute atomic E-state index is 0.151. The molecule has 0 spiro atoms. The second kappa shape index (κ2) is 4.57. The van der Waals surface area contributed by atoms with E-state index in [-0.39, 0.29) is 11.2 Å². The molecule has 0 radical (unpaired) electrons. The molecule has 1 heterocycles. The van der Waals surface area contributed by atoms with Gasteiger partial charge in [0.1, 0.15) is 0 Å². The van der Waals surface area contributed by atoms with Crippen molar-refractivity contribution in [3.63, 3.8) is 0 Å². The van der Waals surface area contributed by atoms with Crippen molar-refractivity contribution >= 4 is 28.7 Å². The molecule has 1 aliphatic carbocycles. The minimum Gasteiger partial charge on any atom is -0.293 e. The van der Waals surface area contributed by atoms with Gasteiger partial charge in [-0.25, -0.2) is 0 Å². The van der Waals surface area contributed by atoms with Crippen LogP contribution in [0.25, 0.3) is 5.69 Å². The number of halogens is 1. The molecule has 1 N–H and O–H groups in total. The second-order valence-corrected chi connectivity index (χ2v) is 7.15. The maximum Gasteiger partial charge on any atom is 0.187 e. The van der Waals surface area contributed by atoms with Crippen molar-refractivity contribution in [2.75, 3.05) is 0 Å². The number of aromatic nitrogens is 1. The van der Waals surface area contributed by atoms with Crippen molar-refractivity contribution in [1.82, 2.24) is 4.57 Å². The molecule has 0 bridgehead atoms. The Hall–Kier alpha value is -1.39. The van der Waals surface area contributed by atoms with E-state index in [4.69, 9.17) is 17.0 Å². The Kier molecular flexibility index (Phi) is 3.10. The molecule has 0 saturated heterocycles. The molecule has 0 saturated carbocycles. The average molecular weight is 307 g/mol. The molecule has 5 heteroatoms. The largest absolute Gasteiger partial charge is 0.293 e. The summed E-state index contributed by atoms with van der Waals surface area (Å²) in [6.07, 6.45) is 1.63. The molecule has 0 fully saturated rings. The third kappa shape index (κ3) is 2.03. The predicted molar refractivity (Wildman–Crippen MR) is 80.9 cm³/mol. The number of benzene rings is 1. The summed E-state index contributed by atoms with van der Waals surface area (Å²) in [6, 6.07) is 7.42. The lowest BCUT2D eigenvalue weighted by atomic mass is 9.77. The number of nitrogens with one attached hydrogen (secondary N) is 1.